The molecule has 0 bridgehead atoms. The molecule has 1 aliphatic heterocycles. The normalized spacial score (nSPS) is 19.0. The minimum absolute atomic E-state index is 0.126. The van der Waals surface area contributed by atoms with Crippen LogP contribution in [0.1, 0.15) is 17.4 Å². The monoisotopic (exact) mass is 254 g/mol. The maximum Gasteiger partial charge on any atom is 0.126 e. The van der Waals surface area contributed by atoms with Gasteiger partial charge in [-0.1, -0.05) is 12.1 Å². The van der Waals surface area contributed by atoms with Crippen LogP contribution in [-0.2, 0) is 4.74 Å². The number of nitrogens with zero attached hydrogens (tertiary/aromatic N) is 2. The largest absolute Gasteiger partial charge is 0.378 e. The van der Waals surface area contributed by atoms with Crippen molar-refractivity contribution in [3.05, 3.63) is 41.9 Å². The van der Waals surface area contributed by atoms with Gasteiger partial charge in [0.1, 0.15) is 5.82 Å². The summed E-state index contributed by atoms with van der Waals surface area (Å²) in [5.41, 5.74) is 2.63. The molecule has 1 aromatic carbocycles. The summed E-state index contributed by atoms with van der Waals surface area (Å²) in [7, 11) is 0. The third kappa shape index (κ3) is 2.50. The number of hydrogen-bond acceptors (Lipinski definition) is 4. The van der Waals surface area contributed by atoms with Crippen LogP contribution < -0.4 is 5.32 Å². The molecule has 0 spiro atoms. The van der Waals surface area contributed by atoms with Gasteiger partial charge < -0.3 is 15.0 Å². The van der Waals surface area contributed by atoms with Gasteiger partial charge in [-0.25, -0.2) is 4.98 Å². The van der Waals surface area contributed by atoms with Crippen molar-refractivity contribution in [3.63, 3.8) is 0 Å². The number of nitrogens with one attached hydrogen (secondary N) is 2. The first kappa shape index (κ1) is 11.9. The average Bonchev–Trinajstić information content (AvgIpc) is 2.98. The van der Waals surface area contributed by atoms with Gasteiger partial charge in [0, 0.05) is 6.54 Å². The Morgan fingerprint density at radius 2 is 2.16 bits per heavy atom. The maximum atomic E-state index is 8.78. The molecule has 19 heavy (non-hydrogen) atoms. The molecule has 0 radical (unpaired) electrons. The summed E-state index contributed by atoms with van der Waals surface area (Å²) in [5, 5.41) is 12.1. The molecule has 0 saturated carbocycles. The summed E-state index contributed by atoms with van der Waals surface area (Å²) >= 11 is 0. The SMILES string of the molecule is N#Cc1ccc(-c2cnc(C3COCCN3)[nH]2)cc1. The van der Waals surface area contributed by atoms with Gasteiger partial charge in [0.15, 0.2) is 0 Å². The van der Waals surface area contributed by atoms with Crippen molar-refractivity contribution < 1.29 is 4.74 Å². The van der Waals surface area contributed by atoms with E-state index in [2.05, 4.69) is 21.4 Å². The summed E-state index contributed by atoms with van der Waals surface area (Å²) in [6.07, 6.45) is 1.81. The van der Waals surface area contributed by atoms with Crippen molar-refractivity contribution in [1.82, 2.24) is 15.3 Å². The fourth-order valence-electron chi connectivity index (χ4n) is 2.13. The molecule has 3 rings (SSSR count). The maximum absolute atomic E-state index is 8.78. The van der Waals surface area contributed by atoms with E-state index in [4.69, 9.17) is 10.00 Å². The van der Waals surface area contributed by atoms with Crippen LogP contribution in [0.15, 0.2) is 30.5 Å². The lowest BCUT2D eigenvalue weighted by molar-refractivity contribution is 0.0745. The fraction of sp³-hybridized carbons (Fsp3) is 0.286. The van der Waals surface area contributed by atoms with E-state index >= 15 is 0 Å². The lowest BCUT2D eigenvalue weighted by atomic mass is 10.1. The molecule has 1 atom stereocenters. The highest BCUT2D eigenvalue weighted by atomic mass is 16.5. The molecule has 2 aromatic rings. The first-order valence-corrected chi connectivity index (χ1v) is 6.23. The van der Waals surface area contributed by atoms with E-state index in [0.717, 1.165) is 30.2 Å². The van der Waals surface area contributed by atoms with Gasteiger partial charge in [0.05, 0.1) is 42.8 Å². The lowest BCUT2D eigenvalue weighted by Crippen LogP contribution is -2.35. The molecule has 5 heteroatoms. The predicted octanol–water partition coefficient (Wildman–Crippen LogP) is 1.61. The highest BCUT2D eigenvalue weighted by molar-refractivity contribution is 5.59. The number of hydrogen-bond donors (Lipinski definition) is 2. The summed E-state index contributed by atoms with van der Waals surface area (Å²) < 4.78 is 5.42. The van der Waals surface area contributed by atoms with E-state index in [1.165, 1.54) is 0 Å². The number of rotatable bonds is 2. The molecular weight excluding hydrogens is 240 g/mol. The van der Waals surface area contributed by atoms with Crippen LogP contribution in [0.4, 0.5) is 0 Å². The standard InChI is InChI=1S/C14H14N4O/c15-7-10-1-3-11(4-2-10)12-8-17-14(18-12)13-9-19-6-5-16-13/h1-4,8,13,16H,5-6,9H2,(H,17,18). The number of H-pyrrole nitrogens is 1. The Kier molecular flexibility index (Phi) is 3.27. The number of nitriles is 1. The Bertz CT molecular complexity index is 591. The Morgan fingerprint density at radius 3 is 2.84 bits per heavy atom. The van der Waals surface area contributed by atoms with Gasteiger partial charge in [0.25, 0.3) is 0 Å². The number of benzene rings is 1. The van der Waals surface area contributed by atoms with Gasteiger partial charge in [-0.15, -0.1) is 0 Å². The van der Waals surface area contributed by atoms with Crippen molar-refractivity contribution >= 4 is 0 Å². The van der Waals surface area contributed by atoms with Gasteiger partial charge in [-0.2, -0.15) is 5.26 Å². The molecule has 96 valence electrons. The highest BCUT2D eigenvalue weighted by Crippen LogP contribution is 2.20. The number of morpholine rings is 1. The molecule has 5 nitrogen and oxygen atoms in total. The second-order valence-corrected chi connectivity index (χ2v) is 4.45. The predicted molar refractivity (Wildman–Crippen MR) is 70.3 cm³/mol. The van der Waals surface area contributed by atoms with Crippen molar-refractivity contribution in [3.8, 4) is 17.3 Å². The summed E-state index contributed by atoms with van der Waals surface area (Å²) in [6.45, 7) is 2.23. The second-order valence-electron chi connectivity index (χ2n) is 4.45. The summed E-state index contributed by atoms with van der Waals surface area (Å²) in [5.74, 6) is 0.888. The van der Waals surface area contributed by atoms with Crippen LogP contribution in [0.2, 0.25) is 0 Å². The number of imidazole rings is 1. The van der Waals surface area contributed by atoms with Crippen molar-refractivity contribution in [1.29, 1.82) is 5.26 Å². The van der Waals surface area contributed by atoms with E-state index in [1.807, 2.05) is 18.3 Å². The Hall–Kier alpha value is -2.16. The quantitative estimate of drug-likeness (QED) is 0.854. The fourth-order valence-corrected chi connectivity index (χ4v) is 2.13. The Morgan fingerprint density at radius 1 is 1.32 bits per heavy atom. The number of aromatic nitrogens is 2. The van der Waals surface area contributed by atoms with Gasteiger partial charge in [0.2, 0.25) is 0 Å². The van der Waals surface area contributed by atoms with Crippen LogP contribution in [0, 0.1) is 11.3 Å². The van der Waals surface area contributed by atoms with E-state index < -0.39 is 0 Å². The smallest absolute Gasteiger partial charge is 0.126 e. The molecule has 1 saturated heterocycles. The molecule has 1 fully saturated rings. The van der Waals surface area contributed by atoms with E-state index in [0.29, 0.717) is 12.2 Å². The second kappa shape index (κ2) is 5.22. The van der Waals surface area contributed by atoms with Crippen LogP contribution in [0.3, 0.4) is 0 Å². The van der Waals surface area contributed by atoms with Crippen LogP contribution in [-0.4, -0.2) is 29.7 Å². The van der Waals surface area contributed by atoms with Crippen molar-refractivity contribution in [2.75, 3.05) is 19.8 Å². The first-order chi connectivity index (χ1) is 9.36. The first-order valence-electron chi connectivity index (χ1n) is 6.23. The lowest BCUT2D eigenvalue weighted by Gasteiger charge is -2.21. The summed E-state index contributed by atoms with van der Waals surface area (Å²) in [4.78, 5) is 7.70. The zero-order valence-corrected chi connectivity index (χ0v) is 10.4. The highest BCUT2D eigenvalue weighted by Gasteiger charge is 2.18. The van der Waals surface area contributed by atoms with Crippen molar-refractivity contribution in [2.24, 2.45) is 0 Å². The van der Waals surface area contributed by atoms with E-state index in [1.54, 1.807) is 12.1 Å². The molecule has 0 amide bonds. The van der Waals surface area contributed by atoms with Crippen LogP contribution in [0.5, 0.6) is 0 Å². The molecule has 2 heterocycles. The Labute approximate surface area is 111 Å². The van der Waals surface area contributed by atoms with Crippen molar-refractivity contribution in [2.45, 2.75) is 6.04 Å². The van der Waals surface area contributed by atoms with Gasteiger partial charge in [-0.3, -0.25) is 0 Å². The van der Waals surface area contributed by atoms with E-state index in [-0.39, 0.29) is 6.04 Å². The molecule has 1 aliphatic rings. The molecule has 1 aromatic heterocycles. The molecule has 0 aliphatic carbocycles. The zero-order chi connectivity index (χ0) is 13.1. The molecule has 1 unspecified atom stereocenters. The topological polar surface area (TPSA) is 73.7 Å². The Balaban J connectivity index is 1.81. The number of ether oxygens (including phenoxy) is 1. The average molecular weight is 254 g/mol. The number of aromatic amines is 1. The van der Waals surface area contributed by atoms with Gasteiger partial charge >= 0.3 is 0 Å². The van der Waals surface area contributed by atoms with Crippen LogP contribution in [0.25, 0.3) is 11.3 Å². The molecular formula is C14H14N4O. The minimum atomic E-state index is 0.126. The van der Waals surface area contributed by atoms with Gasteiger partial charge in [-0.05, 0) is 17.7 Å². The zero-order valence-electron chi connectivity index (χ0n) is 10.4. The van der Waals surface area contributed by atoms with Crippen LogP contribution >= 0.6 is 0 Å². The van der Waals surface area contributed by atoms with E-state index in [9.17, 15) is 0 Å². The summed E-state index contributed by atoms with van der Waals surface area (Å²) in [6, 6.07) is 9.68. The minimum Gasteiger partial charge on any atom is -0.378 e. The third-order valence-corrected chi connectivity index (χ3v) is 3.17. The molecule has 2 N–H and O–H groups in total. The third-order valence-electron chi connectivity index (χ3n) is 3.17.